The van der Waals surface area contributed by atoms with E-state index in [1.54, 1.807) is 24.2 Å². The molecule has 0 fully saturated rings. The molecule has 4 aromatic rings. The first-order chi connectivity index (χ1) is 16.6. The summed E-state index contributed by atoms with van der Waals surface area (Å²) in [4.78, 5) is 22.3. The number of aromatic nitrogens is 6. The molecule has 12 heteroatoms. The fraction of sp³-hybridized carbons (Fsp3) is 0.391. The normalized spacial score (nSPS) is 14.6. The Balaban J connectivity index is 1.83. The third-order valence-corrected chi connectivity index (χ3v) is 6.10. The van der Waals surface area contributed by atoms with Crippen LogP contribution in [0.25, 0.3) is 33.3 Å². The Morgan fingerprint density at radius 2 is 1.97 bits per heavy atom. The SMILES string of the molecule is COc1c2c(nn1C)N(C(C)C)C(=O)CCCn1cc(c(C(F)(F)F)n1)-c1c[nH]c3ncc-2cc13. The number of H-pyrrole nitrogens is 1. The van der Waals surface area contributed by atoms with Gasteiger partial charge in [0.05, 0.1) is 12.7 Å². The average Bonchev–Trinajstić information content (AvgIpc) is 3.47. The van der Waals surface area contributed by atoms with Gasteiger partial charge in [-0.15, -0.1) is 0 Å². The van der Waals surface area contributed by atoms with Gasteiger partial charge in [-0.3, -0.25) is 14.4 Å². The highest BCUT2D eigenvalue weighted by molar-refractivity contribution is 6.01. The second-order valence-electron chi connectivity index (χ2n) is 8.77. The van der Waals surface area contributed by atoms with Gasteiger partial charge in [0.25, 0.3) is 0 Å². The molecular weight excluding hydrogens is 463 g/mol. The van der Waals surface area contributed by atoms with Crippen LogP contribution in [0.1, 0.15) is 32.4 Å². The van der Waals surface area contributed by atoms with Crippen molar-refractivity contribution in [3.05, 3.63) is 30.4 Å². The molecule has 0 unspecified atom stereocenters. The van der Waals surface area contributed by atoms with Gasteiger partial charge in [0.1, 0.15) is 5.65 Å². The summed E-state index contributed by atoms with van der Waals surface area (Å²) in [5.74, 6) is 0.626. The molecule has 35 heavy (non-hydrogen) atoms. The van der Waals surface area contributed by atoms with Crippen molar-refractivity contribution in [1.29, 1.82) is 0 Å². The molecule has 9 nitrogen and oxygen atoms in total. The van der Waals surface area contributed by atoms with E-state index in [-0.39, 0.29) is 30.5 Å². The summed E-state index contributed by atoms with van der Waals surface area (Å²) in [6, 6.07) is 1.52. The molecule has 4 bridgehead atoms. The molecule has 5 rings (SSSR count). The molecule has 1 N–H and O–H groups in total. The van der Waals surface area contributed by atoms with Gasteiger partial charge in [-0.2, -0.15) is 23.4 Å². The number of nitrogens with zero attached hydrogens (tertiary/aromatic N) is 6. The number of pyridine rings is 1. The van der Waals surface area contributed by atoms with Gasteiger partial charge in [0.15, 0.2) is 11.5 Å². The van der Waals surface area contributed by atoms with Crippen LogP contribution in [0.15, 0.2) is 24.7 Å². The van der Waals surface area contributed by atoms with Crippen LogP contribution < -0.4 is 9.64 Å². The summed E-state index contributed by atoms with van der Waals surface area (Å²) >= 11 is 0. The Morgan fingerprint density at radius 1 is 1.20 bits per heavy atom. The number of carbonyl (C=O) groups is 1. The zero-order valence-corrected chi connectivity index (χ0v) is 19.6. The van der Waals surface area contributed by atoms with Gasteiger partial charge >= 0.3 is 6.18 Å². The first kappa shape index (κ1) is 22.9. The number of aryl methyl sites for hydroxylation is 2. The van der Waals surface area contributed by atoms with E-state index in [1.807, 2.05) is 13.8 Å². The smallest absolute Gasteiger partial charge is 0.435 e. The van der Waals surface area contributed by atoms with Crippen molar-refractivity contribution >= 4 is 22.8 Å². The number of methoxy groups -OCH3 is 1. The molecule has 1 aliphatic rings. The first-order valence-electron chi connectivity index (χ1n) is 11.2. The number of alkyl halides is 3. The zero-order chi connectivity index (χ0) is 25.1. The minimum atomic E-state index is -4.65. The number of nitrogens with one attached hydrogen (secondary N) is 1. The highest BCUT2D eigenvalue weighted by Crippen LogP contribution is 2.43. The van der Waals surface area contributed by atoms with Gasteiger partial charge in [0.2, 0.25) is 11.8 Å². The minimum Gasteiger partial charge on any atom is -0.481 e. The number of fused-ring (bicyclic) bond motifs is 6. The van der Waals surface area contributed by atoms with E-state index in [1.165, 1.54) is 28.9 Å². The number of amides is 1. The third kappa shape index (κ3) is 3.72. The summed E-state index contributed by atoms with van der Waals surface area (Å²) in [5, 5.41) is 8.90. The molecule has 5 heterocycles. The topological polar surface area (TPSA) is 93.9 Å². The highest BCUT2D eigenvalue weighted by atomic mass is 19.4. The number of hydrogen-bond donors (Lipinski definition) is 1. The van der Waals surface area contributed by atoms with E-state index in [0.29, 0.717) is 45.8 Å². The number of anilines is 1. The summed E-state index contributed by atoms with van der Waals surface area (Å²) in [6.45, 7) is 3.92. The van der Waals surface area contributed by atoms with Crippen molar-refractivity contribution in [3.8, 4) is 28.1 Å². The van der Waals surface area contributed by atoms with E-state index >= 15 is 0 Å². The summed E-state index contributed by atoms with van der Waals surface area (Å²) in [6.07, 6.45) is 0.260. The van der Waals surface area contributed by atoms with Crippen molar-refractivity contribution < 1.29 is 22.7 Å². The largest absolute Gasteiger partial charge is 0.481 e. The lowest BCUT2D eigenvalue weighted by Crippen LogP contribution is -2.37. The van der Waals surface area contributed by atoms with Crippen molar-refractivity contribution in [2.45, 2.75) is 45.5 Å². The number of carbonyl (C=O) groups excluding carboxylic acids is 1. The minimum absolute atomic E-state index is 0.0479. The van der Waals surface area contributed by atoms with Gasteiger partial charge in [-0.1, -0.05) is 0 Å². The first-order valence-corrected chi connectivity index (χ1v) is 11.2. The van der Waals surface area contributed by atoms with Crippen LogP contribution in [-0.2, 0) is 24.6 Å². The van der Waals surface area contributed by atoms with Gasteiger partial charge in [0, 0.05) is 66.7 Å². The maximum Gasteiger partial charge on any atom is 0.435 e. The van der Waals surface area contributed by atoms with E-state index < -0.39 is 11.9 Å². The summed E-state index contributed by atoms with van der Waals surface area (Å²) < 4.78 is 50.1. The van der Waals surface area contributed by atoms with Gasteiger partial charge in [-0.05, 0) is 26.3 Å². The number of rotatable bonds is 2. The lowest BCUT2D eigenvalue weighted by atomic mass is 10.0. The summed E-state index contributed by atoms with van der Waals surface area (Å²) in [7, 11) is 3.21. The third-order valence-electron chi connectivity index (χ3n) is 6.10. The maximum atomic E-state index is 13.9. The van der Waals surface area contributed by atoms with Crippen molar-refractivity contribution in [2.75, 3.05) is 12.0 Å². The monoisotopic (exact) mass is 487 g/mol. The van der Waals surface area contributed by atoms with E-state index in [9.17, 15) is 18.0 Å². The Labute approximate surface area is 198 Å². The molecule has 4 aromatic heterocycles. The fourth-order valence-corrected chi connectivity index (χ4v) is 4.62. The second kappa shape index (κ2) is 8.14. The van der Waals surface area contributed by atoms with Crippen LogP contribution in [0.2, 0.25) is 0 Å². The number of aromatic amines is 1. The Morgan fingerprint density at radius 3 is 2.66 bits per heavy atom. The second-order valence-corrected chi connectivity index (χ2v) is 8.77. The Kier molecular flexibility index (Phi) is 5.33. The van der Waals surface area contributed by atoms with Crippen LogP contribution >= 0.6 is 0 Å². The van der Waals surface area contributed by atoms with Crippen LogP contribution in [0.4, 0.5) is 19.0 Å². The molecule has 0 radical (unpaired) electrons. The van der Waals surface area contributed by atoms with Crippen LogP contribution in [0.5, 0.6) is 5.88 Å². The predicted molar refractivity (Wildman–Crippen MR) is 123 cm³/mol. The predicted octanol–water partition coefficient (Wildman–Crippen LogP) is 4.39. The van der Waals surface area contributed by atoms with E-state index in [4.69, 9.17) is 4.74 Å². The number of hydrogen-bond acceptors (Lipinski definition) is 5. The molecule has 0 aromatic carbocycles. The molecule has 0 saturated carbocycles. The quantitative estimate of drug-likeness (QED) is 0.453. The zero-order valence-electron chi connectivity index (χ0n) is 19.6. The molecule has 0 spiro atoms. The molecule has 0 saturated heterocycles. The number of halogens is 3. The lowest BCUT2D eigenvalue weighted by molar-refractivity contribution is -0.141. The average molecular weight is 487 g/mol. The van der Waals surface area contributed by atoms with Crippen LogP contribution in [0.3, 0.4) is 0 Å². The van der Waals surface area contributed by atoms with Crippen molar-refractivity contribution in [3.63, 3.8) is 0 Å². The summed E-state index contributed by atoms with van der Waals surface area (Å²) in [5.41, 5.74) is 0.850. The van der Waals surface area contributed by atoms with Crippen LogP contribution in [0, 0.1) is 0 Å². The Hall–Kier alpha value is -3.83. The van der Waals surface area contributed by atoms with E-state index in [0.717, 1.165) is 0 Å². The van der Waals surface area contributed by atoms with Crippen LogP contribution in [-0.4, -0.2) is 48.6 Å². The van der Waals surface area contributed by atoms with E-state index in [2.05, 4.69) is 20.2 Å². The molecule has 0 atom stereocenters. The molecule has 1 aliphatic heterocycles. The lowest BCUT2D eigenvalue weighted by Gasteiger charge is -2.26. The van der Waals surface area contributed by atoms with Crippen molar-refractivity contribution in [1.82, 2.24) is 29.5 Å². The number of ether oxygens (including phenoxy) is 1. The maximum absolute atomic E-state index is 13.9. The highest BCUT2D eigenvalue weighted by Gasteiger charge is 2.38. The fourth-order valence-electron chi connectivity index (χ4n) is 4.62. The standard InChI is InChI=1S/C23H24F3N7O2/c1-12(2)33-17(34)6-5-7-32-11-16(19(29-32)23(24,25)26)15-10-28-20-14(15)8-13(9-27-20)18-21(33)30-31(3)22(18)35-4/h8-12H,5-7H2,1-4H3,(H,27,28). The Bertz CT molecular complexity index is 1430. The van der Waals surface area contributed by atoms with Gasteiger partial charge < -0.3 is 9.72 Å². The molecule has 184 valence electrons. The molecule has 0 aliphatic carbocycles. The molecule has 1 amide bonds. The van der Waals surface area contributed by atoms with Gasteiger partial charge in [-0.25, -0.2) is 9.67 Å². The van der Waals surface area contributed by atoms with Crippen molar-refractivity contribution in [2.24, 2.45) is 7.05 Å². The molecular formula is C23H24F3N7O2.